The summed E-state index contributed by atoms with van der Waals surface area (Å²) in [6.07, 6.45) is 6.53. The summed E-state index contributed by atoms with van der Waals surface area (Å²) in [6, 6.07) is 9.26. The second-order valence-corrected chi connectivity index (χ2v) is 7.11. The topological polar surface area (TPSA) is 26.0 Å². The molecular weight excluding hydrogens is 230 g/mol. The Hall–Kier alpha value is -0.820. The summed E-state index contributed by atoms with van der Waals surface area (Å²) in [7, 11) is 0. The van der Waals surface area contributed by atoms with Crippen molar-refractivity contribution >= 4 is 0 Å². The zero-order valence-corrected chi connectivity index (χ0v) is 12.8. The highest BCUT2D eigenvalue weighted by atomic mass is 14.5. The van der Waals surface area contributed by atoms with E-state index in [9.17, 15) is 0 Å². The Morgan fingerprint density at radius 3 is 2.84 bits per heavy atom. The van der Waals surface area contributed by atoms with Crippen molar-refractivity contribution < 1.29 is 0 Å². The van der Waals surface area contributed by atoms with Crippen LogP contribution in [-0.4, -0.2) is 6.54 Å². The fourth-order valence-corrected chi connectivity index (χ4v) is 3.52. The number of hydrogen-bond donors (Lipinski definition) is 1. The van der Waals surface area contributed by atoms with E-state index in [0.29, 0.717) is 11.3 Å². The normalized spacial score (nSPS) is 24.1. The Balaban J connectivity index is 2.14. The molecule has 0 heterocycles. The summed E-state index contributed by atoms with van der Waals surface area (Å²) in [5.74, 6) is 1.34. The van der Waals surface area contributed by atoms with Crippen molar-refractivity contribution in [1.29, 1.82) is 0 Å². The largest absolute Gasteiger partial charge is 0.330 e. The van der Waals surface area contributed by atoms with E-state index >= 15 is 0 Å². The molecule has 0 saturated heterocycles. The van der Waals surface area contributed by atoms with Crippen LogP contribution >= 0.6 is 0 Å². The maximum Gasteiger partial charge on any atom is -0.00715 e. The van der Waals surface area contributed by atoms with Crippen molar-refractivity contribution in [1.82, 2.24) is 0 Å². The van der Waals surface area contributed by atoms with E-state index in [4.69, 9.17) is 5.73 Å². The van der Waals surface area contributed by atoms with Gasteiger partial charge in [0, 0.05) is 0 Å². The highest BCUT2D eigenvalue weighted by Gasteiger charge is 2.28. The first kappa shape index (κ1) is 14.6. The third kappa shape index (κ3) is 3.82. The number of benzene rings is 1. The van der Waals surface area contributed by atoms with Crippen molar-refractivity contribution in [3.63, 3.8) is 0 Å². The summed E-state index contributed by atoms with van der Waals surface area (Å²) in [5.41, 5.74) is 9.21. The van der Waals surface area contributed by atoms with Gasteiger partial charge in [-0.1, -0.05) is 51.5 Å². The smallest absolute Gasteiger partial charge is 0.00715 e. The molecule has 0 amide bonds. The number of nitrogens with two attached hydrogens (primary N) is 1. The summed E-state index contributed by atoms with van der Waals surface area (Å²) in [6.45, 7) is 7.90. The van der Waals surface area contributed by atoms with Crippen LogP contribution in [0.4, 0.5) is 0 Å². The Kier molecular flexibility index (Phi) is 4.67. The lowest BCUT2D eigenvalue weighted by Gasteiger charge is -2.35. The van der Waals surface area contributed by atoms with Crippen LogP contribution in [-0.2, 0) is 0 Å². The maximum absolute atomic E-state index is 5.68. The highest BCUT2D eigenvalue weighted by molar-refractivity contribution is 5.29. The van der Waals surface area contributed by atoms with Gasteiger partial charge in [-0.05, 0) is 60.6 Å². The molecule has 19 heavy (non-hydrogen) atoms. The third-order valence-corrected chi connectivity index (χ3v) is 4.76. The lowest BCUT2D eigenvalue weighted by molar-refractivity contribution is 0.219. The molecule has 2 rings (SSSR count). The molecule has 2 unspecified atom stereocenters. The molecule has 1 nitrogen and oxygen atoms in total. The van der Waals surface area contributed by atoms with Gasteiger partial charge in [0.25, 0.3) is 0 Å². The lowest BCUT2D eigenvalue weighted by Crippen LogP contribution is -2.21. The molecule has 1 aromatic rings. The second kappa shape index (κ2) is 6.09. The van der Waals surface area contributed by atoms with E-state index in [0.717, 1.165) is 18.9 Å². The molecule has 0 aliphatic heterocycles. The predicted molar refractivity (Wildman–Crippen MR) is 83.5 cm³/mol. The van der Waals surface area contributed by atoms with Gasteiger partial charge in [0.1, 0.15) is 0 Å². The zero-order valence-electron chi connectivity index (χ0n) is 12.8. The summed E-state index contributed by atoms with van der Waals surface area (Å²) in [5, 5.41) is 0. The Morgan fingerprint density at radius 1 is 1.37 bits per heavy atom. The molecule has 1 heteroatoms. The molecule has 1 fully saturated rings. The fraction of sp³-hybridized carbons (Fsp3) is 0.667. The first-order chi connectivity index (χ1) is 9.02. The Labute approximate surface area is 118 Å². The van der Waals surface area contributed by atoms with E-state index in [1.54, 1.807) is 5.56 Å². The second-order valence-electron chi connectivity index (χ2n) is 7.11. The lowest BCUT2D eigenvalue weighted by atomic mass is 9.70. The molecule has 1 aliphatic rings. The zero-order chi connectivity index (χ0) is 13.9. The van der Waals surface area contributed by atoms with E-state index in [1.807, 2.05) is 0 Å². The fourth-order valence-electron chi connectivity index (χ4n) is 3.52. The van der Waals surface area contributed by atoms with Crippen LogP contribution in [0.1, 0.15) is 75.8 Å². The van der Waals surface area contributed by atoms with Crippen molar-refractivity contribution in [2.45, 2.75) is 64.7 Å². The Bertz CT molecular complexity index is 408. The minimum atomic E-state index is 0.516. The molecular formula is C18H29N. The summed E-state index contributed by atoms with van der Waals surface area (Å²) in [4.78, 5) is 0. The molecule has 1 aromatic carbocycles. The highest BCUT2D eigenvalue weighted by Crippen LogP contribution is 2.43. The monoisotopic (exact) mass is 259 g/mol. The van der Waals surface area contributed by atoms with Gasteiger partial charge in [-0.3, -0.25) is 0 Å². The van der Waals surface area contributed by atoms with Gasteiger partial charge in [0.05, 0.1) is 0 Å². The molecule has 0 bridgehead atoms. The van der Waals surface area contributed by atoms with E-state index < -0.39 is 0 Å². The average molecular weight is 259 g/mol. The molecule has 0 spiro atoms. The quantitative estimate of drug-likeness (QED) is 0.824. The van der Waals surface area contributed by atoms with Crippen LogP contribution < -0.4 is 5.73 Å². The summed E-state index contributed by atoms with van der Waals surface area (Å²) < 4.78 is 0. The number of hydrogen-bond acceptors (Lipinski definition) is 1. The van der Waals surface area contributed by atoms with Crippen LogP contribution in [0.15, 0.2) is 24.3 Å². The molecule has 0 radical (unpaired) electrons. The van der Waals surface area contributed by atoms with Gasteiger partial charge < -0.3 is 5.73 Å². The minimum absolute atomic E-state index is 0.516. The van der Waals surface area contributed by atoms with Crippen molar-refractivity contribution in [3.8, 4) is 0 Å². The van der Waals surface area contributed by atoms with Crippen molar-refractivity contribution in [2.75, 3.05) is 6.54 Å². The van der Waals surface area contributed by atoms with Gasteiger partial charge in [-0.15, -0.1) is 0 Å². The average Bonchev–Trinajstić information content (AvgIpc) is 2.38. The first-order valence-corrected chi connectivity index (χ1v) is 7.82. The number of rotatable bonds is 4. The van der Waals surface area contributed by atoms with Crippen LogP contribution in [0, 0.1) is 5.41 Å². The van der Waals surface area contributed by atoms with Crippen LogP contribution in [0.25, 0.3) is 0 Å². The van der Waals surface area contributed by atoms with Crippen LogP contribution in [0.5, 0.6) is 0 Å². The predicted octanol–water partition coefficient (Wildman–Crippen LogP) is 4.82. The van der Waals surface area contributed by atoms with Gasteiger partial charge in [0.15, 0.2) is 0 Å². The Morgan fingerprint density at radius 2 is 2.16 bits per heavy atom. The van der Waals surface area contributed by atoms with E-state index in [-0.39, 0.29) is 0 Å². The molecule has 1 saturated carbocycles. The third-order valence-electron chi connectivity index (χ3n) is 4.76. The van der Waals surface area contributed by atoms with Crippen molar-refractivity contribution in [3.05, 3.63) is 35.4 Å². The standard InChI is InChI=1S/C18H29N/c1-14(9-11-19)15-6-4-7-16(12-15)17-8-5-10-18(2,3)13-17/h4,6-7,12,14,17H,5,8-11,13,19H2,1-3H3. The van der Waals surface area contributed by atoms with Gasteiger partial charge in [-0.2, -0.15) is 0 Å². The minimum Gasteiger partial charge on any atom is -0.330 e. The molecule has 2 N–H and O–H groups in total. The molecule has 0 aromatic heterocycles. The van der Waals surface area contributed by atoms with Gasteiger partial charge >= 0.3 is 0 Å². The van der Waals surface area contributed by atoms with E-state index in [1.165, 1.54) is 31.2 Å². The molecule has 106 valence electrons. The van der Waals surface area contributed by atoms with Gasteiger partial charge in [-0.25, -0.2) is 0 Å². The van der Waals surface area contributed by atoms with E-state index in [2.05, 4.69) is 45.0 Å². The summed E-state index contributed by atoms with van der Waals surface area (Å²) >= 11 is 0. The maximum atomic E-state index is 5.68. The van der Waals surface area contributed by atoms with Gasteiger partial charge in [0.2, 0.25) is 0 Å². The first-order valence-electron chi connectivity index (χ1n) is 7.82. The van der Waals surface area contributed by atoms with Crippen LogP contribution in [0.2, 0.25) is 0 Å². The SMILES string of the molecule is CC(CCN)c1cccc(C2CCCC(C)(C)C2)c1. The molecule has 2 atom stereocenters. The molecule has 1 aliphatic carbocycles. The van der Waals surface area contributed by atoms with Crippen molar-refractivity contribution in [2.24, 2.45) is 11.1 Å². The van der Waals surface area contributed by atoms with Crippen LogP contribution in [0.3, 0.4) is 0 Å².